The minimum absolute atomic E-state index is 0.0741. The fourth-order valence-electron chi connectivity index (χ4n) is 2.15. The third-order valence-electron chi connectivity index (χ3n) is 3.49. The highest BCUT2D eigenvalue weighted by molar-refractivity contribution is 5.96. The van der Waals surface area contributed by atoms with Crippen molar-refractivity contribution in [1.29, 1.82) is 0 Å². The van der Waals surface area contributed by atoms with Gasteiger partial charge in [-0.2, -0.15) is 0 Å². The smallest absolute Gasteiger partial charge is 0.325 e. The minimum atomic E-state index is -0.443. The SMILES string of the molecule is COC(=O)CN(C(=O)c1ccc(Oc2ccccc2)cc1)C(C)C. The largest absolute Gasteiger partial charge is 0.468 e. The van der Waals surface area contributed by atoms with Gasteiger partial charge in [0.25, 0.3) is 5.91 Å². The van der Waals surface area contributed by atoms with Crippen LogP contribution in [-0.4, -0.2) is 36.5 Å². The van der Waals surface area contributed by atoms with Gasteiger partial charge in [0, 0.05) is 11.6 Å². The standard InChI is InChI=1S/C19H21NO4/c1-14(2)20(13-18(21)23-3)19(22)15-9-11-17(12-10-15)24-16-7-5-4-6-8-16/h4-12,14H,13H2,1-3H3. The van der Waals surface area contributed by atoms with Crippen LogP contribution in [0.25, 0.3) is 0 Å². The Morgan fingerprint density at radius 1 is 0.958 bits per heavy atom. The molecule has 1 amide bonds. The number of rotatable bonds is 6. The van der Waals surface area contributed by atoms with Gasteiger partial charge >= 0.3 is 5.97 Å². The Morgan fingerprint density at radius 3 is 2.08 bits per heavy atom. The van der Waals surface area contributed by atoms with Gasteiger partial charge in [-0.1, -0.05) is 18.2 Å². The van der Waals surface area contributed by atoms with Crippen LogP contribution in [0.15, 0.2) is 54.6 Å². The molecular weight excluding hydrogens is 306 g/mol. The highest BCUT2D eigenvalue weighted by Crippen LogP contribution is 2.21. The normalized spacial score (nSPS) is 10.3. The van der Waals surface area contributed by atoms with E-state index in [9.17, 15) is 9.59 Å². The fraction of sp³-hybridized carbons (Fsp3) is 0.263. The number of esters is 1. The molecule has 0 saturated carbocycles. The van der Waals surface area contributed by atoms with E-state index in [0.29, 0.717) is 11.3 Å². The Kier molecular flexibility index (Phi) is 5.95. The second-order valence-corrected chi connectivity index (χ2v) is 5.54. The summed E-state index contributed by atoms with van der Waals surface area (Å²) in [7, 11) is 1.31. The van der Waals surface area contributed by atoms with Gasteiger partial charge in [0.15, 0.2) is 0 Å². The van der Waals surface area contributed by atoms with Gasteiger partial charge in [0.05, 0.1) is 7.11 Å². The summed E-state index contributed by atoms with van der Waals surface area (Å²) in [6.07, 6.45) is 0. The molecule has 0 unspecified atom stereocenters. The van der Waals surface area contributed by atoms with Crippen LogP contribution in [0.1, 0.15) is 24.2 Å². The predicted molar refractivity (Wildman–Crippen MR) is 91.1 cm³/mol. The fourth-order valence-corrected chi connectivity index (χ4v) is 2.15. The number of para-hydroxylation sites is 1. The maximum Gasteiger partial charge on any atom is 0.325 e. The second kappa shape index (κ2) is 8.15. The van der Waals surface area contributed by atoms with E-state index in [0.717, 1.165) is 5.75 Å². The molecule has 5 nitrogen and oxygen atoms in total. The summed E-state index contributed by atoms with van der Waals surface area (Å²) in [5, 5.41) is 0. The first-order valence-corrected chi connectivity index (χ1v) is 7.72. The first kappa shape index (κ1) is 17.5. The lowest BCUT2D eigenvalue weighted by atomic mass is 10.1. The molecule has 2 aromatic carbocycles. The molecule has 0 spiro atoms. The van der Waals surface area contributed by atoms with Gasteiger partial charge in [0.2, 0.25) is 0 Å². The first-order chi connectivity index (χ1) is 11.5. The average Bonchev–Trinajstić information content (AvgIpc) is 2.60. The Balaban J connectivity index is 2.10. The molecular formula is C19H21NO4. The highest BCUT2D eigenvalue weighted by Gasteiger charge is 2.21. The average molecular weight is 327 g/mol. The first-order valence-electron chi connectivity index (χ1n) is 7.72. The lowest BCUT2D eigenvalue weighted by Gasteiger charge is -2.25. The molecule has 0 aromatic heterocycles. The molecule has 0 heterocycles. The summed E-state index contributed by atoms with van der Waals surface area (Å²) in [5.74, 6) is 0.704. The summed E-state index contributed by atoms with van der Waals surface area (Å²) in [6.45, 7) is 3.64. The number of methoxy groups -OCH3 is 1. The van der Waals surface area contributed by atoms with Crippen LogP contribution in [0.2, 0.25) is 0 Å². The van der Waals surface area contributed by atoms with Gasteiger partial charge in [-0.3, -0.25) is 9.59 Å². The van der Waals surface area contributed by atoms with Crippen LogP contribution in [-0.2, 0) is 9.53 Å². The number of nitrogens with zero attached hydrogens (tertiary/aromatic N) is 1. The van der Waals surface area contributed by atoms with Crippen molar-refractivity contribution in [2.45, 2.75) is 19.9 Å². The lowest BCUT2D eigenvalue weighted by Crippen LogP contribution is -2.41. The number of hydrogen-bond donors (Lipinski definition) is 0. The van der Waals surface area contributed by atoms with E-state index < -0.39 is 5.97 Å². The lowest BCUT2D eigenvalue weighted by molar-refractivity contribution is -0.141. The van der Waals surface area contributed by atoms with Gasteiger partial charge in [-0.15, -0.1) is 0 Å². The van der Waals surface area contributed by atoms with E-state index in [1.165, 1.54) is 12.0 Å². The summed E-state index contributed by atoms with van der Waals surface area (Å²) in [6, 6.07) is 16.1. The molecule has 0 bridgehead atoms. The van der Waals surface area contributed by atoms with Crippen molar-refractivity contribution in [3.8, 4) is 11.5 Å². The molecule has 0 aliphatic heterocycles. The Bertz CT molecular complexity index is 680. The van der Waals surface area contributed by atoms with Gasteiger partial charge in [-0.25, -0.2) is 0 Å². The Morgan fingerprint density at radius 2 is 1.54 bits per heavy atom. The molecule has 0 aliphatic rings. The van der Waals surface area contributed by atoms with Crippen LogP contribution in [0.4, 0.5) is 0 Å². The number of carbonyl (C=O) groups excluding carboxylic acids is 2. The molecule has 0 N–H and O–H groups in total. The van der Waals surface area contributed by atoms with Crippen molar-refractivity contribution in [3.05, 3.63) is 60.2 Å². The van der Waals surface area contributed by atoms with Crippen LogP contribution in [0.5, 0.6) is 11.5 Å². The molecule has 0 atom stereocenters. The third kappa shape index (κ3) is 4.59. The van der Waals surface area contributed by atoms with E-state index in [2.05, 4.69) is 4.74 Å². The van der Waals surface area contributed by atoms with Crippen molar-refractivity contribution in [2.24, 2.45) is 0 Å². The third-order valence-corrected chi connectivity index (χ3v) is 3.49. The molecule has 2 rings (SSSR count). The monoisotopic (exact) mass is 327 g/mol. The van der Waals surface area contributed by atoms with E-state index in [1.54, 1.807) is 24.3 Å². The summed E-state index contributed by atoms with van der Waals surface area (Å²) < 4.78 is 10.4. The molecule has 0 radical (unpaired) electrons. The van der Waals surface area contributed by atoms with Crippen molar-refractivity contribution in [3.63, 3.8) is 0 Å². The van der Waals surface area contributed by atoms with Crippen molar-refractivity contribution < 1.29 is 19.1 Å². The topological polar surface area (TPSA) is 55.8 Å². The molecule has 0 aliphatic carbocycles. The Hall–Kier alpha value is -2.82. The van der Waals surface area contributed by atoms with Gasteiger partial charge in [-0.05, 0) is 50.2 Å². The molecule has 126 valence electrons. The maximum atomic E-state index is 12.6. The summed E-state index contributed by atoms with van der Waals surface area (Å²) in [4.78, 5) is 25.5. The molecule has 5 heteroatoms. The number of carbonyl (C=O) groups is 2. The predicted octanol–water partition coefficient (Wildman–Crippen LogP) is 3.50. The number of benzene rings is 2. The van der Waals surface area contributed by atoms with E-state index in [1.807, 2.05) is 44.2 Å². The zero-order valence-corrected chi connectivity index (χ0v) is 14.1. The van der Waals surface area contributed by atoms with Crippen molar-refractivity contribution >= 4 is 11.9 Å². The molecule has 0 saturated heterocycles. The zero-order valence-electron chi connectivity index (χ0n) is 14.1. The highest BCUT2D eigenvalue weighted by atomic mass is 16.5. The zero-order chi connectivity index (χ0) is 17.5. The van der Waals surface area contributed by atoms with Crippen LogP contribution in [0, 0.1) is 0 Å². The molecule has 2 aromatic rings. The number of ether oxygens (including phenoxy) is 2. The van der Waals surface area contributed by atoms with E-state index >= 15 is 0 Å². The van der Waals surface area contributed by atoms with E-state index in [-0.39, 0.29) is 18.5 Å². The van der Waals surface area contributed by atoms with Crippen molar-refractivity contribution in [2.75, 3.05) is 13.7 Å². The van der Waals surface area contributed by atoms with Crippen LogP contribution in [0.3, 0.4) is 0 Å². The maximum absolute atomic E-state index is 12.6. The quantitative estimate of drug-likeness (QED) is 0.762. The molecule has 24 heavy (non-hydrogen) atoms. The summed E-state index contributed by atoms with van der Waals surface area (Å²) in [5.41, 5.74) is 0.494. The number of hydrogen-bond acceptors (Lipinski definition) is 4. The van der Waals surface area contributed by atoms with Gasteiger partial charge in [0.1, 0.15) is 18.0 Å². The Labute approximate surface area is 141 Å². The molecule has 0 fully saturated rings. The van der Waals surface area contributed by atoms with E-state index in [4.69, 9.17) is 4.74 Å². The summed E-state index contributed by atoms with van der Waals surface area (Å²) >= 11 is 0. The van der Waals surface area contributed by atoms with Crippen molar-refractivity contribution in [1.82, 2.24) is 4.90 Å². The second-order valence-electron chi connectivity index (χ2n) is 5.54. The van der Waals surface area contributed by atoms with Crippen LogP contribution < -0.4 is 4.74 Å². The van der Waals surface area contributed by atoms with Crippen LogP contribution >= 0.6 is 0 Å². The number of amides is 1. The van der Waals surface area contributed by atoms with Gasteiger partial charge < -0.3 is 14.4 Å². The minimum Gasteiger partial charge on any atom is -0.468 e.